The van der Waals surface area contributed by atoms with Crippen molar-refractivity contribution in [1.29, 1.82) is 0 Å². The van der Waals surface area contributed by atoms with Crippen LogP contribution in [0.25, 0.3) is 11.0 Å². The molecule has 2 N–H and O–H groups in total. The van der Waals surface area contributed by atoms with Gasteiger partial charge in [0.25, 0.3) is 5.91 Å². The lowest BCUT2D eigenvalue weighted by molar-refractivity contribution is 0.0925. The van der Waals surface area contributed by atoms with E-state index >= 15 is 0 Å². The van der Waals surface area contributed by atoms with Gasteiger partial charge < -0.3 is 20.0 Å². The molecule has 1 aliphatic heterocycles. The van der Waals surface area contributed by atoms with Crippen molar-refractivity contribution in [2.24, 2.45) is 0 Å². The Balaban J connectivity index is 1.44. The predicted octanol–water partition coefficient (Wildman–Crippen LogP) is 2.82. The molecule has 2 aromatic heterocycles. The number of carbonyl (C=O) groups excluding carboxylic acids is 1. The first-order valence-electron chi connectivity index (χ1n) is 8.57. The maximum atomic E-state index is 12.4. The zero-order valence-electron chi connectivity index (χ0n) is 14.2. The molecule has 1 aromatic carbocycles. The Morgan fingerprint density at radius 3 is 2.92 bits per heavy atom. The maximum absolute atomic E-state index is 12.4. The van der Waals surface area contributed by atoms with E-state index in [1.807, 2.05) is 24.3 Å². The zero-order chi connectivity index (χ0) is 17.9. The smallest absolute Gasteiger partial charge is 0.287 e. The molecule has 0 atom stereocenters. The number of hydrogen-bond donors (Lipinski definition) is 2. The summed E-state index contributed by atoms with van der Waals surface area (Å²) in [4.78, 5) is 19.1. The number of para-hydroxylation sites is 1. The number of halogens is 1. The summed E-state index contributed by atoms with van der Waals surface area (Å²) >= 11 is 6.10. The minimum Gasteiger partial charge on any atom is -0.449 e. The third kappa shape index (κ3) is 3.52. The normalized spacial score (nSPS) is 14.6. The Morgan fingerprint density at radius 2 is 2.12 bits per heavy atom. The molecule has 1 fully saturated rings. The minimum atomic E-state index is -0.266. The van der Waals surface area contributed by atoms with Crippen molar-refractivity contribution in [3.63, 3.8) is 0 Å². The zero-order valence-corrected chi connectivity index (χ0v) is 14.9. The molecule has 134 valence electrons. The Hall–Kier alpha value is -2.57. The van der Waals surface area contributed by atoms with Crippen LogP contribution in [-0.2, 0) is 6.54 Å². The van der Waals surface area contributed by atoms with Gasteiger partial charge in [0.15, 0.2) is 11.3 Å². The first-order chi connectivity index (χ1) is 12.7. The van der Waals surface area contributed by atoms with Crippen molar-refractivity contribution < 1.29 is 9.21 Å². The fraction of sp³-hybridized carbons (Fsp3) is 0.263. The highest BCUT2D eigenvalue weighted by Crippen LogP contribution is 2.26. The van der Waals surface area contributed by atoms with E-state index in [9.17, 15) is 4.79 Å². The fourth-order valence-electron chi connectivity index (χ4n) is 3.05. The number of nitrogens with zero attached hydrogens (tertiary/aromatic N) is 2. The second-order valence-corrected chi connectivity index (χ2v) is 6.62. The monoisotopic (exact) mass is 370 g/mol. The van der Waals surface area contributed by atoms with Crippen LogP contribution >= 0.6 is 11.6 Å². The van der Waals surface area contributed by atoms with Crippen molar-refractivity contribution in [1.82, 2.24) is 15.6 Å². The number of pyridine rings is 1. The number of nitrogens with one attached hydrogen (secondary N) is 2. The summed E-state index contributed by atoms with van der Waals surface area (Å²) in [6, 6.07) is 11.1. The van der Waals surface area contributed by atoms with E-state index in [0.29, 0.717) is 17.2 Å². The van der Waals surface area contributed by atoms with E-state index in [1.54, 1.807) is 18.3 Å². The van der Waals surface area contributed by atoms with Crippen LogP contribution in [0.4, 0.5) is 5.82 Å². The third-order valence-corrected chi connectivity index (χ3v) is 4.72. The average Bonchev–Trinajstić information content (AvgIpc) is 3.13. The molecule has 6 nitrogen and oxygen atoms in total. The molecule has 1 saturated heterocycles. The van der Waals surface area contributed by atoms with E-state index < -0.39 is 0 Å². The van der Waals surface area contributed by atoms with Gasteiger partial charge >= 0.3 is 0 Å². The van der Waals surface area contributed by atoms with Gasteiger partial charge in [-0.2, -0.15) is 0 Å². The molecule has 0 aliphatic carbocycles. The maximum Gasteiger partial charge on any atom is 0.287 e. The number of amides is 1. The molecule has 0 unspecified atom stereocenters. The van der Waals surface area contributed by atoms with Crippen LogP contribution in [0.15, 0.2) is 47.0 Å². The van der Waals surface area contributed by atoms with Crippen LogP contribution in [-0.4, -0.2) is 37.1 Å². The molecular formula is C19H19ClN4O2. The summed E-state index contributed by atoms with van der Waals surface area (Å²) in [5.41, 5.74) is 1.53. The molecular weight excluding hydrogens is 352 g/mol. The van der Waals surface area contributed by atoms with Gasteiger partial charge in [-0.1, -0.05) is 23.7 Å². The number of piperazine rings is 1. The second-order valence-electron chi connectivity index (χ2n) is 6.21. The van der Waals surface area contributed by atoms with Crippen LogP contribution in [0.5, 0.6) is 0 Å². The van der Waals surface area contributed by atoms with Crippen LogP contribution in [0.1, 0.15) is 16.1 Å². The average molecular weight is 371 g/mol. The number of furan rings is 1. The van der Waals surface area contributed by atoms with E-state index in [2.05, 4.69) is 20.5 Å². The summed E-state index contributed by atoms with van der Waals surface area (Å²) in [7, 11) is 0. The molecule has 0 spiro atoms. The van der Waals surface area contributed by atoms with E-state index in [-0.39, 0.29) is 11.7 Å². The fourth-order valence-corrected chi connectivity index (χ4v) is 3.27. The third-order valence-electron chi connectivity index (χ3n) is 4.42. The van der Waals surface area contributed by atoms with Crippen molar-refractivity contribution in [2.75, 3.05) is 31.1 Å². The van der Waals surface area contributed by atoms with Crippen molar-refractivity contribution in [3.8, 4) is 0 Å². The van der Waals surface area contributed by atoms with Gasteiger partial charge in [-0.25, -0.2) is 4.98 Å². The molecule has 0 radical (unpaired) electrons. The lowest BCUT2D eigenvalue weighted by atomic mass is 10.2. The molecule has 26 heavy (non-hydrogen) atoms. The molecule has 1 amide bonds. The molecule has 7 heteroatoms. The number of anilines is 1. The van der Waals surface area contributed by atoms with Gasteiger partial charge in [-0.3, -0.25) is 4.79 Å². The Bertz CT molecular complexity index is 934. The molecule has 3 aromatic rings. The molecule has 1 aliphatic rings. The van der Waals surface area contributed by atoms with Gasteiger partial charge in [0.2, 0.25) is 0 Å². The topological polar surface area (TPSA) is 70.4 Å². The summed E-state index contributed by atoms with van der Waals surface area (Å²) < 4.78 is 5.60. The Labute approximate surface area is 156 Å². The van der Waals surface area contributed by atoms with E-state index in [1.165, 1.54) is 0 Å². The molecule has 3 heterocycles. The van der Waals surface area contributed by atoms with Crippen LogP contribution in [0.3, 0.4) is 0 Å². The lowest BCUT2D eigenvalue weighted by Crippen LogP contribution is -2.43. The van der Waals surface area contributed by atoms with Gasteiger partial charge in [0.05, 0.1) is 5.02 Å². The summed E-state index contributed by atoms with van der Waals surface area (Å²) in [6.45, 7) is 4.19. The highest BCUT2D eigenvalue weighted by molar-refractivity contribution is 6.34. The number of hydrogen-bond acceptors (Lipinski definition) is 5. The number of rotatable bonds is 4. The van der Waals surface area contributed by atoms with E-state index in [4.69, 9.17) is 16.0 Å². The van der Waals surface area contributed by atoms with Crippen LogP contribution < -0.4 is 15.5 Å². The largest absolute Gasteiger partial charge is 0.449 e. The Kier molecular flexibility index (Phi) is 4.77. The lowest BCUT2D eigenvalue weighted by Gasteiger charge is -2.28. The quantitative estimate of drug-likeness (QED) is 0.739. The first-order valence-corrected chi connectivity index (χ1v) is 8.95. The van der Waals surface area contributed by atoms with Gasteiger partial charge in [0, 0.05) is 44.3 Å². The standard InChI is InChI=1S/C19H19ClN4O2/c20-15-3-1-2-14-11-16(26-18(14)15)19(25)23-12-13-4-5-22-17(10-13)24-8-6-21-7-9-24/h1-5,10-11,21H,6-9,12H2,(H,23,25). The van der Waals surface area contributed by atoms with Crippen LogP contribution in [0.2, 0.25) is 5.02 Å². The van der Waals surface area contributed by atoms with Gasteiger partial charge in [0.1, 0.15) is 5.82 Å². The minimum absolute atomic E-state index is 0.254. The first kappa shape index (κ1) is 16.9. The summed E-state index contributed by atoms with van der Waals surface area (Å²) in [6.07, 6.45) is 1.78. The number of carbonyl (C=O) groups is 1. The second kappa shape index (κ2) is 7.35. The molecule has 0 bridgehead atoms. The summed E-state index contributed by atoms with van der Waals surface area (Å²) in [5.74, 6) is 0.927. The number of fused-ring (bicyclic) bond motifs is 1. The van der Waals surface area contributed by atoms with Crippen molar-refractivity contribution >= 4 is 34.3 Å². The van der Waals surface area contributed by atoms with Crippen molar-refractivity contribution in [2.45, 2.75) is 6.54 Å². The van der Waals surface area contributed by atoms with Crippen molar-refractivity contribution in [3.05, 3.63) is 58.9 Å². The number of aromatic nitrogens is 1. The molecule has 0 saturated carbocycles. The highest BCUT2D eigenvalue weighted by Gasteiger charge is 2.15. The SMILES string of the molecule is O=C(NCc1ccnc(N2CCNCC2)c1)c1cc2cccc(Cl)c2o1. The molecule has 4 rings (SSSR count). The Morgan fingerprint density at radius 1 is 1.27 bits per heavy atom. The highest BCUT2D eigenvalue weighted by atomic mass is 35.5. The van der Waals surface area contributed by atoms with E-state index in [0.717, 1.165) is 42.9 Å². The van der Waals surface area contributed by atoms with Gasteiger partial charge in [-0.05, 0) is 29.8 Å². The van der Waals surface area contributed by atoms with Crippen LogP contribution in [0, 0.1) is 0 Å². The predicted molar refractivity (Wildman–Crippen MR) is 102 cm³/mol. The summed E-state index contributed by atoms with van der Waals surface area (Å²) in [5, 5.41) is 7.53. The number of benzene rings is 1. The van der Waals surface area contributed by atoms with Gasteiger partial charge in [-0.15, -0.1) is 0 Å².